The van der Waals surface area contributed by atoms with Gasteiger partial charge in [0.25, 0.3) is 0 Å². The zero-order chi connectivity index (χ0) is 15.9. The summed E-state index contributed by atoms with van der Waals surface area (Å²) in [5.41, 5.74) is 0.793. The summed E-state index contributed by atoms with van der Waals surface area (Å²) in [6.45, 7) is -0.875. The molecule has 1 atom stereocenters. The molecule has 130 valence electrons. The third kappa shape index (κ3) is 5.84. The molecule has 1 aliphatic heterocycles. The van der Waals surface area contributed by atoms with Gasteiger partial charge in [-0.15, -0.1) is 12.4 Å². The van der Waals surface area contributed by atoms with Gasteiger partial charge in [0.05, 0.1) is 13.0 Å². The number of ether oxygens (including phenoxy) is 2. The number of hydrogen-bond acceptors (Lipinski definition) is 4. The van der Waals surface area contributed by atoms with Crippen LogP contribution in [0.2, 0.25) is 0 Å². The Morgan fingerprint density at radius 2 is 2.22 bits per heavy atom. The van der Waals surface area contributed by atoms with Gasteiger partial charge in [-0.25, -0.2) is 0 Å². The van der Waals surface area contributed by atoms with E-state index in [1.807, 2.05) is 0 Å². The Balaban J connectivity index is 0.00000264. The molecule has 2 N–H and O–H groups in total. The fourth-order valence-corrected chi connectivity index (χ4v) is 2.42. The van der Waals surface area contributed by atoms with Crippen molar-refractivity contribution in [2.24, 2.45) is 5.92 Å². The molecule has 0 aromatic heterocycles. The number of nitrogens with one attached hydrogen (secondary N) is 2. The van der Waals surface area contributed by atoms with Gasteiger partial charge in [0.2, 0.25) is 5.91 Å². The Morgan fingerprint density at radius 1 is 1.43 bits per heavy atom. The second-order valence-electron chi connectivity index (χ2n) is 5.09. The molecule has 1 aromatic rings. The van der Waals surface area contributed by atoms with Crippen LogP contribution in [0.25, 0.3) is 0 Å². The summed E-state index contributed by atoms with van der Waals surface area (Å²) in [6, 6.07) is 4.85. The maximum Gasteiger partial charge on any atom is 0.387 e. The predicted molar refractivity (Wildman–Crippen MR) is 84.6 cm³/mol. The fourth-order valence-electron chi connectivity index (χ4n) is 2.42. The van der Waals surface area contributed by atoms with Crippen molar-refractivity contribution in [3.05, 3.63) is 23.8 Å². The van der Waals surface area contributed by atoms with E-state index in [1.54, 1.807) is 12.1 Å². The summed E-state index contributed by atoms with van der Waals surface area (Å²) < 4.78 is 34.1. The molecule has 5 nitrogen and oxygen atoms in total. The summed E-state index contributed by atoms with van der Waals surface area (Å²) in [5.74, 6) is 0.308. The Kier molecular flexibility index (Phi) is 8.05. The average molecular weight is 351 g/mol. The van der Waals surface area contributed by atoms with E-state index in [9.17, 15) is 13.6 Å². The van der Waals surface area contributed by atoms with Crippen LogP contribution >= 0.6 is 12.4 Å². The highest BCUT2D eigenvalue weighted by atomic mass is 35.5. The number of carbonyl (C=O) groups excluding carboxylic acids is 1. The molecule has 0 spiro atoms. The number of halogens is 3. The lowest BCUT2D eigenvalue weighted by Crippen LogP contribution is -2.33. The van der Waals surface area contributed by atoms with Gasteiger partial charge in [0.1, 0.15) is 0 Å². The van der Waals surface area contributed by atoms with Crippen molar-refractivity contribution in [3.8, 4) is 11.5 Å². The van der Waals surface area contributed by atoms with Gasteiger partial charge in [0, 0.05) is 13.1 Å². The van der Waals surface area contributed by atoms with E-state index in [-0.39, 0.29) is 35.7 Å². The smallest absolute Gasteiger partial charge is 0.387 e. The van der Waals surface area contributed by atoms with E-state index in [4.69, 9.17) is 4.74 Å². The fraction of sp³-hybridized carbons (Fsp3) is 0.533. The Hall–Kier alpha value is -1.60. The first-order valence-electron chi connectivity index (χ1n) is 7.20. The van der Waals surface area contributed by atoms with Crippen molar-refractivity contribution < 1.29 is 23.0 Å². The first-order valence-corrected chi connectivity index (χ1v) is 7.20. The summed E-state index contributed by atoms with van der Waals surface area (Å²) in [4.78, 5) is 11.9. The van der Waals surface area contributed by atoms with Crippen LogP contribution in [0, 0.1) is 5.92 Å². The number of carbonyl (C=O) groups is 1. The van der Waals surface area contributed by atoms with Crippen LogP contribution in [0.3, 0.4) is 0 Å². The number of hydrogen-bond donors (Lipinski definition) is 2. The van der Waals surface area contributed by atoms with Crippen LogP contribution in [0.15, 0.2) is 18.2 Å². The number of methoxy groups -OCH3 is 1. The van der Waals surface area contributed by atoms with E-state index >= 15 is 0 Å². The maximum absolute atomic E-state index is 12.4. The molecule has 8 heteroatoms. The Bertz CT molecular complexity index is 511. The van der Waals surface area contributed by atoms with E-state index in [0.29, 0.717) is 19.5 Å². The third-order valence-electron chi connectivity index (χ3n) is 3.59. The van der Waals surface area contributed by atoms with Gasteiger partial charge in [-0.05, 0) is 37.1 Å². The SMILES string of the molecule is COc1ccc(CCNC(=O)C2CCNC2)cc1OC(F)F.Cl. The molecule has 1 heterocycles. The van der Waals surface area contributed by atoms with Crippen LogP contribution in [-0.4, -0.2) is 39.3 Å². The number of benzene rings is 1. The highest BCUT2D eigenvalue weighted by Gasteiger charge is 2.21. The molecular weight excluding hydrogens is 330 g/mol. The van der Waals surface area contributed by atoms with Gasteiger partial charge in [-0.1, -0.05) is 6.07 Å². The van der Waals surface area contributed by atoms with Gasteiger partial charge in [-0.3, -0.25) is 4.79 Å². The molecule has 1 aliphatic rings. The lowest BCUT2D eigenvalue weighted by molar-refractivity contribution is -0.124. The lowest BCUT2D eigenvalue weighted by Gasteiger charge is -2.12. The summed E-state index contributed by atoms with van der Waals surface area (Å²) >= 11 is 0. The van der Waals surface area contributed by atoms with Crippen LogP contribution in [0.5, 0.6) is 11.5 Å². The van der Waals surface area contributed by atoms with Crippen LogP contribution in [0.1, 0.15) is 12.0 Å². The molecule has 0 aliphatic carbocycles. The predicted octanol–water partition coefficient (Wildman–Crippen LogP) is 1.99. The molecule has 1 fully saturated rings. The third-order valence-corrected chi connectivity index (χ3v) is 3.59. The molecule has 1 aromatic carbocycles. The van der Waals surface area contributed by atoms with Crippen molar-refractivity contribution in [1.82, 2.24) is 10.6 Å². The second-order valence-corrected chi connectivity index (χ2v) is 5.09. The summed E-state index contributed by atoms with van der Waals surface area (Å²) in [6.07, 6.45) is 1.39. The zero-order valence-electron chi connectivity index (χ0n) is 12.8. The molecule has 1 unspecified atom stereocenters. The van der Waals surface area contributed by atoms with Gasteiger partial charge in [0.15, 0.2) is 11.5 Å². The Labute approximate surface area is 140 Å². The zero-order valence-corrected chi connectivity index (χ0v) is 13.6. The van der Waals surface area contributed by atoms with E-state index in [1.165, 1.54) is 13.2 Å². The van der Waals surface area contributed by atoms with Crippen LogP contribution in [-0.2, 0) is 11.2 Å². The molecule has 1 saturated heterocycles. The summed E-state index contributed by atoms with van der Waals surface area (Å²) in [5, 5.41) is 6.00. The Morgan fingerprint density at radius 3 is 2.83 bits per heavy atom. The highest BCUT2D eigenvalue weighted by Crippen LogP contribution is 2.29. The monoisotopic (exact) mass is 350 g/mol. The van der Waals surface area contributed by atoms with Crippen LogP contribution < -0.4 is 20.1 Å². The van der Waals surface area contributed by atoms with E-state index in [2.05, 4.69) is 15.4 Å². The van der Waals surface area contributed by atoms with Crippen molar-refractivity contribution in [2.75, 3.05) is 26.7 Å². The lowest BCUT2D eigenvalue weighted by atomic mass is 10.1. The van der Waals surface area contributed by atoms with Gasteiger partial charge < -0.3 is 20.1 Å². The summed E-state index contributed by atoms with van der Waals surface area (Å²) in [7, 11) is 1.39. The first kappa shape index (κ1) is 19.4. The van der Waals surface area contributed by atoms with Gasteiger partial charge in [-0.2, -0.15) is 8.78 Å². The van der Waals surface area contributed by atoms with E-state index < -0.39 is 6.61 Å². The van der Waals surface area contributed by atoms with Gasteiger partial charge >= 0.3 is 6.61 Å². The van der Waals surface area contributed by atoms with E-state index in [0.717, 1.165) is 18.5 Å². The minimum absolute atomic E-state index is 0. The highest BCUT2D eigenvalue weighted by molar-refractivity contribution is 5.85. The standard InChI is InChI=1S/C15H20F2N2O3.ClH/c1-21-12-3-2-10(8-13(12)22-15(16)17)4-7-19-14(20)11-5-6-18-9-11;/h2-3,8,11,15,18H,4-7,9H2,1H3,(H,19,20);1H. The van der Waals surface area contributed by atoms with Crippen LogP contribution in [0.4, 0.5) is 8.78 Å². The molecule has 0 bridgehead atoms. The number of alkyl halides is 2. The second kappa shape index (κ2) is 9.52. The molecule has 2 rings (SSSR count). The molecular formula is C15H21ClF2N2O3. The number of amides is 1. The van der Waals surface area contributed by atoms with Crippen molar-refractivity contribution in [2.45, 2.75) is 19.5 Å². The minimum Gasteiger partial charge on any atom is -0.493 e. The largest absolute Gasteiger partial charge is 0.493 e. The molecule has 23 heavy (non-hydrogen) atoms. The first-order chi connectivity index (χ1) is 10.6. The van der Waals surface area contributed by atoms with Crippen molar-refractivity contribution in [3.63, 3.8) is 0 Å². The quantitative estimate of drug-likeness (QED) is 0.789. The van der Waals surface area contributed by atoms with Crippen molar-refractivity contribution >= 4 is 18.3 Å². The normalized spacial score (nSPS) is 16.8. The molecule has 1 amide bonds. The maximum atomic E-state index is 12.4. The average Bonchev–Trinajstić information content (AvgIpc) is 3.01. The topological polar surface area (TPSA) is 59.6 Å². The van der Waals surface area contributed by atoms with Crippen molar-refractivity contribution in [1.29, 1.82) is 0 Å². The number of rotatable bonds is 7. The minimum atomic E-state index is -2.90. The molecule has 0 radical (unpaired) electrons. The molecule has 0 saturated carbocycles.